The molecule has 1 aromatic carbocycles. The predicted octanol–water partition coefficient (Wildman–Crippen LogP) is 2.80. The summed E-state index contributed by atoms with van der Waals surface area (Å²) < 4.78 is 26.6. The minimum absolute atomic E-state index is 0.0554. The van der Waals surface area contributed by atoms with Crippen LogP contribution in [0.25, 0.3) is 0 Å². The van der Waals surface area contributed by atoms with Crippen molar-refractivity contribution in [3.8, 4) is 0 Å². The van der Waals surface area contributed by atoms with Crippen LogP contribution in [0.1, 0.15) is 24.2 Å². The quantitative estimate of drug-likeness (QED) is 0.888. The van der Waals surface area contributed by atoms with E-state index < -0.39 is 16.1 Å². The van der Waals surface area contributed by atoms with Crippen LogP contribution >= 0.6 is 11.3 Å². The Morgan fingerprint density at radius 2 is 1.90 bits per heavy atom. The maximum Gasteiger partial charge on any atom is 0.252 e. The lowest BCUT2D eigenvalue weighted by atomic mass is 10.1. The molecule has 1 heterocycles. The number of sulfonamides is 1. The maximum absolute atomic E-state index is 12.5. The lowest BCUT2D eigenvalue weighted by Crippen LogP contribution is -2.34. The lowest BCUT2D eigenvalue weighted by Gasteiger charge is -2.23. The fraction of sp³-hybridized carbons (Fsp3) is 0.333. The Bertz CT molecular complexity index is 663. The molecule has 0 saturated carbocycles. The molecule has 2 aromatic rings. The van der Waals surface area contributed by atoms with Crippen molar-refractivity contribution < 1.29 is 13.5 Å². The summed E-state index contributed by atoms with van der Waals surface area (Å²) in [5.74, 6) is 0. The third-order valence-corrected chi connectivity index (χ3v) is 6.59. The summed E-state index contributed by atoms with van der Waals surface area (Å²) in [6.45, 7) is 4.12. The van der Waals surface area contributed by atoms with E-state index in [1.54, 1.807) is 24.4 Å². The van der Waals surface area contributed by atoms with E-state index in [-0.39, 0.29) is 6.54 Å². The summed E-state index contributed by atoms with van der Waals surface area (Å²) in [4.78, 5) is 0. The molecule has 0 bridgehead atoms. The largest absolute Gasteiger partial charge is 0.387 e. The van der Waals surface area contributed by atoms with Crippen molar-refractivity contribution in [2.24, 2.45) is 0 Å². The molecule has 0 aliphatic heterocycles. The smallest absolute Gasteiger partial charge is 0.252 e. The average molecular weight is 325 g/mol. The zero-order chi connectivity index (χ0) is 15.5. The van der Waals surface area contributed by atoms with E-state index in [0.29, 0.717) is 10.8 Å². The highest BCUT2D eigenvalue weighted by Gasteiger charge is 2.26. The summed E-state index contributed by atoms with van der Waals surface area (Å²) in [5, 5.41) is 12.0. The van der Waals surface area contributed by atoms with Crippen LogP contribution in [0, 0.1) is 6.92 Å². The highest BCUT2D eigenvalue weighted by Crippen LogP contribution is 2.23. The average Bonchev–Trinajstić information content (AvgIpc) is 3.00. The first-order valence-electron chi connectivity index (χ1n) is 6.73. The van der Waals surface area contributed by atoms with Gasteiger partial charge in [0.15, 0.2) is 0 Å². The number of likely N-dealkylation sites (N-methyl/N-ethyl adjacent to an activating group) is 1. The Labute approximate surface area is 129 Å². The standard InChI is InChI=1S/C15H19NO3S2/c1-3-16(21(18,19)15-5-4-10-20-15)11-14(17)13-8-6-12(2)7-9-13/h4-10,14,17H,3,11H2,1-2H3. The molecule has 2 rings (SSSR count). The van der Waals surface area contributed by atoms with Crippen molar-refractivity contribution in [3.05, 3.63) is 52.9 Å². The number of aliphatic hydroxyl groups is 1. The number of thiophene rings is 1. The van der Waals surface area contributed by atoms with Crippen LogP contribution in [0.5, 0.6) is 0 Å². The summed E-state index contributed by atoms with van der Waals surface area (Å²) in [6.07, 6.45) is -0.833. The maximum atomic E-state index is 12.5. The van der Waals surface area contributed by atoms with Gasteiger partial charge in [0.25, 0.3) is 10.0 Å². The highest BCUT2D eigenvalue weighted by molar-refractivity contribution is 7.91. The van der Waals surface area contributed by atoms with Gasteiger partial charge >= 0.3 is 0 Å². The van der Waals surface area contributed by atoms with E-state index in [9.17, 15) is 13.5 Å². The molecule has 1 N–H and O–H groups in total. The molecular formula is C15H19NO3S2. The van der Waals surface area contributed by atoms with Gasteiger partial charge in [0.05, 0.1) is 6.10 Å². The number of rotatable bonds is 6. The lowest BCUT2D eigenvalue weighted by molar-refractivity contribution is 0.149. The first kappa shape index (κ1) is 16.2. The van der Waals surface area contributed by atoms with Crippen molar-refractivity contribution in [3.63, 3.8) is 0 Å². The van der Waals surface area contributed by atoms with Gasteiger partial charge in [-0.25, -0.2) is 8.42 Å². The summed E-state index contributed by atoms with van der Waals surface area (Å²) in [5.41, 5.74) is 1.82. The molecule has 0 saturated heterocycles. The van der Waals surface area contributed by atoms with Gasteiger partial charge in [-0.15, -0.1) is 11.3 Å². The highest BCUT2D eigenvalue weighted by atomic mass is 32.2. The van der Waals surface area contributed by atoms with Crippen LogP contribution in [-0.2, 0) is 10.0 Å². The normalized spacial score (nSPS) is 13.5. The predicted molar refractivity (Wildman–Crippen MR) is 84.9 cm³/mol. The van der Waals surface area contributed by atoms with E-state index in [4.69, 9.17) is 0 Å². The van der Waals surface area contributed by atoms with Gasteiger partial charge < -0.3 is 5.11 Å². The van der Waals surface area contributed by atoms with Gasteiger partial charge in [0, 0.05) is 13.1 Å². The summed E-state index contributed by atoms with van der Waals surface area (Å²) >= 11 is 1.19. The third-order valence-electron chi connectivity index (χ3n) is 3.28. The van der Waals surface area contributed by atoms with Crippen LogP contribution in [0.15, 0.2) is 46.0 Å². The van der Waals surface area contributed by atoms with Crippen molar-refractivity contribution in [2.75, 3.05) is 13.1 Å². The minimum Gasteiger partial charge on any atom is -0.387 e. The van der Waals surface area contributed by atoms with Crippen molar-refractivity contribution >= 4 is 21.4 Å². The number of aryl methyl sites for hydroxylation is 1. The van der Waals surface area contributed by atoms with Gasteiger partial charge in [-0.05, 0) is 23.9 Å². The van der Waals surface area contributed by atoms with Crippen molar-refractivity contribution in [1.29, 1.82) is 0 Å². The molecule has 0 fully saturated rings. The Hall–Kier alpha value is -1.21. The molecule has 1 aromatic heterocycles. The van der Waals surface area contributed by atoms with Crippen LogP contribution < -0.4 is 0 Å². The third kappa shape index (κ3) is 3.71. The van der Waals surface area contributed by atoms with E-state index in [2.05, 4.69) is 0 Å². The molecule has 6 heteroatoms. The fourth-order valence-corrected chi connectivity index (χ4v) is 4.62. The monoisotopic (exact) mass is 325 g/mol. The van der Waals surface area contributed by atoms with Crippen LogP contribution in [-0.4, -0.2) is 30.9 Å². The van der Waals surface area contributed by atoms with Gasteiger partial charge in [-0.2, -0.15) is 4.31 Å². The number of aliphatic hydroxyl groups excluding tert-OH is 1. The van der Waals surface area contributed by atoms with Crippen LogP contribution in [0.3, 0.4) is 0 Å². The van der Waals surface area contributed by atoms with E-state index in [0.717, 1.165) is 11.1 Å². The van der Waals surface area contributed by atoms with E-state index in [1.165, 1.54) is 15.6 Å². The second kappa shape index (κ2) is 6.70. The fourth-order valence-electron chi connectivity index (χ4n) is 2.02. The zero-order valence-electron chi connectivity index (χ0n) is 12.1. The number of benzene rings is 1. The molecule has 114 valence electrons. The molecule has 0 radical (unpaired) electrons. The summed E-state index contributed by atoms with van der Waals surface area (Å²) in [7, 11) is -3.53. The molecule has 21 heavy (non-hydrogen) atoms. The Morgan fingerprint density at radius 1 is 1.24 bits per heavy atom. The molecular weight excluding hydrogens is 306 g/mol. The van der Waals surface area contributed by atoms with Crippen molar-refractivity contribution in [2.45, 2.75) is 24.2 Å². The Balaban J connectivity index is 2.17. The van der Waals surface area contributed by atoms with E-state index in [1.807, 2.05) is 31.2 Å². The molecule has 0 amide bonds. The molecule has 0 aliphatic carbocycles. The zero-order valence-corrected chi connectivity index (χ0v) is 13.7. The minimum atomic E-state index is -3.53. The Kier molecular flexibility index (Phi) is 5.16. The number of hydrogen-bond donors (Lipinski definition) is 1. The van der Waals surface area contributed by atoms with Gasteiger partial charge in [-0.1, -0.05) is 42.8 Å². The van der Waals surface area contributed by atoms with Gasteiger partial charge in [-0.3, -0.25) is 0 Å². The second-order valence-corrected chi connectivity index (χ2v) is 7.93. The van der Waals surface area contributed by atoms with Crippen LogP contribution in [0.2, 0.25) is 0 Å². The molecule has 1 atom stereocenters. The topological polar surface area (TPSA) is 57.6 Å². The molecule has 0 aliphatic rings. The first-order chi connectivity index (χ1) is 9.95. The van der Waals surface area contributed by atoms with E-state index >= 15 is 0 Å². The molecule has 4 nitrogen and oxygen atoms in total. The number of hydrogen-bond acceptors (Lipinski definition) is 4. The SMILES string of the molecule is CCN(CC(O)c1ccc(C)cc1)S(=O)(=O)c1cccs1. The van der Waals surface area contributed by atoms with Gasteiger partial charge in [0.1, 0.15) is 4.21 Å². The Morgan fingerprint density at radius 3 is 2.43 bits per heavy atom. The number of nitrogens with zero attached hydrogens (tertiary/aromatic N) is 1. The second-order valence-electron chi connectivity index (χ2n) is 4.81. The molecule has 0 spiro atoms. The molecule has 1 unspecified atom stereocenters. The first-order valence-corrected chi connectivity index (χ1v) is 9.05. The van der Waals surface area contributed by atoms with Gasteiger partial charge in [0.2, 0.25) is 0 Å². The van der Waals surface area contributed by atoms with Crippen LogP contribution in [0.4, 0.5) is 0 Å². The van der Waals surface area contributed by atoms with Crippen molar-refractivity contribution in [1.82, 2.24) is 4.31 Å². The summed E-state index contributed by atoms with van der Waals surface area (Å²) in [6, 6.07) is 10.8.